The van der Waals surface area contributed by atoms with Crippen molar-refractivity contribution in [3.8, 4) is 0 Å². The minimum absolute atomic E-state index is 0.0690. The third-order valence-corrected chi connectivity index (χ3v) is 2.94. The average Bonchev–Trinajstić information content (AvgIpc) is 2.37. The van der Waals surface area contributed by atoms with Gasteiger partial charge in [-0.3, -0.25) is 9.78 Å². The zero-order valence-electron chi connectivity index (χ0n) is 10.2. The molecule has 1 N–H and O–H groups in total. The molecular weight excluding hydrogens is 248 g/mol. The molecule has 3 nitrogen and oxygen atoms in total. The van der Waals surface area contributed by atoms with Crippen molar-refractivity contribution in [2.75, 3.05) is 6.54 Å². The molecule has 0 saturated heterocycles. The first-order chi connectivity index (χ1) is 8.68. The molecule has 2 rings (SSSR count). The van der Waals surface area contributed by atoms with Crippen LogP contribution in [0.25, 0.3) is 10.9 Å². The first-order valence-electron chi connectivity index (χ1n) is 5.94. The smallest absolute Gasteiger partial charge is 0.252 e. The van der Waals surface area contributed by atoms with Gasteiger partial charge >= 0.3 is 0 Å². The number of fused-ring (bicyclic) bond motifs is 1. The molecule has 0 saturated carbocycles. The van der Waals surface area contributed by atoms with E-state index in [-0.39, 0.29) is 11.3 Å². The number of halogens is 1. The second-order valence-corrected chi connectivity index (χ2v) is 4.95. The van der Waals surface area contributed by atoms with Crippen molar-refractivity contribution in [2.24, 2.45) is 0 Å². The predicted molar refractivity (Wildman–Crippen MR) is 74.0 cm³/mol. The highest BCUT2D eigenvalue weighted by atomic mass is 35.5. The largest absolute Gasteiger partial charge is 0.352 e. The van der Waals surface area contributed by atoms with Crippen LogP contribution in [0.1, 0.15) is 23.7 Å². The van der Waals surface area contributed by atoms with Crippen molar-refractivity contribution in [3.05, 3.63) is 42.1 Å². The molecule has 0 aliphatic rings. The number of aromatic nitrogens is 1. The Morgan fingerprint density at radius 1 is 1.39 bits per heavy atom. The van der Waals surface area contributed by atoms with Crippen molar-refractivity contribution in [2.45, 2.75) is 18.7 Å². The van der Waals surface area contributed by atoms with Crippen LogP contribution in [0.4, 0.5) is 0 Å². The monoisotopic (exact) mass is 262 g/mol. The van der Waals surface area contributed by atoms with E-state index < -0.39 is 0 Å². The Morgan fingerprint density at radius 2 is 2.17 bits per heavy atom. The molecule has 94 valence electrons. The summed E-state index contributed by atoms with van der Waals surface area (Å²) in [7, 11) is 0. The van der Waals surface area contributed by atoms with Crippen molar-refractivity contribution in [1.29, 1.82) is 0 Å². The number of pyridine rings is 1. The number of para-hydroxylation sites is 1. The molecule has 0 aliphatic carbocycles. The summed E-state index contributed by atoms with van der Waals surface area (Å²) < 4.78 is 0. The fraction of sp³-hybridized carbons (Fsp3) is 0.286. The van der Waals surface area contributed by atoms with Crippen molar-refractivity contribution in [1.82, 2.24) is 10.3 Å². The predicted octanol–water partition coefficient (Wildman–Crippen LogP) is 2.98. The van der Waals surface area contributed by atoms with E-state index >= 15 is 0 Å². The lowest BCUT2D eigenvalue weighted by Gasteiger charge is -2.08. The molecule has 1 aromatic heterocycles. The van der Waals surface area contributed by atoms with E-state index in [1.165, 1.54) is 0 Å². The lowest BCUT2D eigenvalue weighted by Crippen LogP contribution is -2.25. The summed E-state index contributed by atoms with van der Waals surface area (Å²) in [6.07, 6.45) is 2.41. The average molecular weight is 263 g/mol. The lowest BCUT2D eigenvalue weighted by atomic mass is 10.1. The van der Waals surface area contributed by atoms with Crippen molar-refractivity contribution >= 4 is 28.4 Å². The maximum atomic E-state index is 12.1. The number of hydrogen-bond acceptors (Lipinski definition) is 2. The second kappa shape index (κ2) is 5.83. The molecule has 2 aromatic rings. The number of benzene rings is 1. The van der Waals surface area contributed by atoms with Crippen LogP contribution in [0, 0.1) is 0 Å². The third kappa shape index (κ3) is 2.99. The van der Waals surface area contributed by atoms with Crippen LogP contribution in [0.2, 0.25) is 0 Å². The van der Waals surface area contributed by atoms with E-state index in [0.29, 0.717) is 12.1 Å². The van der Waals surface area contributed by atoms with Crippen LogP contribution < -0.4 is 5.32 Å². The summed E-state index contributed by atoms with van der Waals surface area (Å²) in [4.78, 5) is 16.3. The van der Waals surface area contributed by atoms with Gasteiger partial charge in [-0.1, -0.05) is 18.2 Å². The minimum atomic E-state index is -0.0779. The van der Waals surface area contributed by atoms with E-state index in [0.717, 1.165) is 17.3 Å². The number of amides is 1. The van der Waals surface area contributed by atoms with Gasteiger partial charge in [0.25, 0.3) is 5.91 Å². The van der Waals surface area contributed by atoms with Gasteiger partial charge in [0.05, 0.1) is 11.1 Å². The zero-order chi connectivity index (χ0) is 13.0. The van der Waals surface area contributed by atoms with Gasteiger partial charge in [-0.2, -0.15) is 0 Å². The van der Waals surface area contributed by atoms with E-state index in [1.807, 2.05) is 31.2 Å². The fourth-order valence-electron chi connectivity index (χ4n) is 1.77. The van der Waals surface area contributed by atoms with Gasteiger partial charge in [-0.05, 0) is 25.5 Å². The Morgan fingerprint density at radius 3 is 2.94 bits per heavy atom. The van der Waals surface area contributed by atoms with E-state index in [4.69, 9.17) is 11.6 Å². The Balaban J connectivity index is 2.17. The SMILES string of the molecule is CC(Cl)CCNC(=O)c1ccnc2ccccc12. The summed E-state index contributed by atoms with van der Waals surface area (Å²) in [5.74, 6) is -0.0779. The number of hydrogen-bond donors (Lipinski definition) is 1. The number of carbonyl (C=O) groups excluding carboxylic acids is 1. The molecule has 0 bridgehead atoms. The lowest BCUT2D eigenvalue weighted by molar-refractivity contribution is 0.0955. The van der Waals surface area contributed by atoms with E-state index in [2.05, 4.69) is 10.3 Å². The molecule has 4 heteroatoms. The molecule has 0 fully saturated rings. The number of rotatable bonds is 4. The van der Waals surface area contributed by atoms with Crippen LogP contribution in [0.5, 0.6) is 0 Å². The Labute approximate surface area is 111 Å². The molecule has 1 heterocycles. The number of nitrogens with zero attached hydrogens (tertiary/aromatic N) is 1. The second-order valence-electron chi connectivity index (χ2n) is 4.20. The van der Waals surface area contributed by atoms with Gasteiger partial charge in [0.2, 0.25) is 0 Å². The molecule has 1 amide bonds. The topological polar surface area (TPSA) is 42.0 Å². The maximum absolute atomic E-state index is 12.1. The highest BCUT2D eigenvalue weighted by molar-refractivity contribution is 6.20. The number of alkyl halides is 1. The fourth-order valence-corrected chi connectivity index (χ4v) is 1.88. The first-order valence-corrected chi connectivity index (χ1v) is 6.38. The van der Waals surface area contributed by atoms with Crippen LogP contribution in [-0.2, 0) is 0 Å². The van der Waals surface area contributed by atoms with E-state index in [9.17, 15) is 4.79 Å². The summed E-state index contributed by atoms with van der Waals surface area (Å²) in [6, 6.07) is 9.35. The van der Waals surface area contributed by atoms with Gasteiger partial charge in [0.1, 0.15) is 0 Å². The number of carbonyl (C=O) groups is 1. The standard InChI is InChI=1S/C14H15ClN2O/c1-10(15)6-8-17-14(18)12-7-9-16-13-5-3-2-4-11(12)13/h2-5,7,9-10H,6,8H2,1H3,(H,17,18). The Kier molecular flexibility index (Phi) is 4.15. The molecule has 0 radical (unpaired) electrons. The van der Waals surface area contributed by atoms with E-state index in [1.54, 1.807) is 12.3 Å². The van der Waals surface area contributed by atoms with Crippen LogP contribution in [0.3, 0.4) is 0 Å². The van der Waals surface area contributed by atoms with Crippen LogP contribution >= 0.6 is 11.6 Å². The highest BCUT2D eigenvalue weighted by Gasteiger charge is 2.09. The zero-order valence-corrected chi connectivity index (χ0v) is 10.9. The summed E-state index contributed by atoms with van der Waals surface area (Å²) in [5.41, 5.74) is 1.48. The molecule has 18 heavy (non-hydrogen) atoms. The normalized spacial score (nSPS) is 12.3. The van der Waals surface area contributed by atoms with Crippen molar-refractivity contribution in [3.63, 3.8) is 0 Å². The van der Waals surface area contributed by atoms with Gasteiger partial charge in [-0.25, -0.2) is 0 Å². The third-order valence-electron chi connectivity index (χ3n) is 2.72. The minimum Gasteiger partial charge on any atom is -0.352 e. The summed E-state index contributed by atoms with van der Waals surface area (Å²) in [5, 5.41) is 3.81. The Bertz CT molecular complexity index is 549. The Hall–Kier alpha value is -1.61. The first kappa shape index (κ1) is 12.8. The maximum Gasteiger partial charge on any atom is 0.252 e. The van der Waals surface area contributed by atoms with Gasteiger partial charge in [0.15, 0.2) is 0 Å². The van der Waals surface area contributed by atoms with Gasteiger partial charge in [-0.15, -0.1) is 11.6 Å². The van der Waals surface area contributed by atoms with Gasteiger partial charge < -0.3 is 5.32 Å². The summed E-state index contributed by atoms with van der Waals surface area (Å²) >= 11 is 5.84. The highest BCUT2D eigenvalue weighted by Crippen LogP contribution is 2.15. The molecule has 1 unspecified atom stereocenters. The molecular formula is C14H15ClN2O. The molecule has 0 spiro atoms. The quantitative estimate of drug-likeness (QED) is 0.861. The molecule has 1 aromatic carbocycles. The molecule has 1 atom stereocenters. The van der Waals surface area contributed by atoms with Gasteiger partial charge in [0, 0.05) is 23.5 Å². The van der Waals surface area contributed by atoms with Crippen molar-refractivity contribution < 1.29 is 4.79 Å². The molecule has 0 aliphatic heterocycles. The number of nitrogens with one attached hydrogen (secondary N) is 1. The van der Waals surface area contributed by atoms with Crippen LogP contribution in [0.15, 0.2) is 36.5 Å². The summed E-state index contributed by atoms with van der Waals surface area (Å²) in [6.45, 7) is 2.50. The van der Waals surface area contributed by atoms with Crippen LogP contribution in [-0.4, -0.2) is 22.8 Å².